The molecule has 1 heterocycles. The van der Waals surface area contributed by atoms with Crippen molar-refractivity contribution in [2.75, 3.05) is 32.7 Å². The van der Waals surface area contributed by atoms with Crippen LogP contribution >= 0.6 is 0 Å². The van der Waals surface area contributed by atoms with Crippen molar-refractivity contribution in [1.82, 2.24) is 9.80 Å². The molecule has 2 aliphatic rings. The molecule has 1 atom stereocenters. The molecular weight excluding hydrogens is 340 g/mol. The maximum Gasteiger partial charge on any atom is 0.0320 e. The molecule has 0 amide bonds. The van der Waals surface area contributed by atoms with Crippen molar-refractivity contribution in [3.63, 3.8) is 0 Å². The van der Waals surface area contributed by atoms with Gasteiger partial charge in [0, 0.05) is 38.4 Å². The molecule has 3 rings (SSSR count). The van der Waals surface area contributed by atoms with E-state index in [2.05, 4.69) is 60.7 Å². The van der Waals surface area contributed by atoms with Crippen LogP contribution in [-0.4, -0.2) is 42.5 Å². The molecule has 0 bridgehead atoms. The number of hydrogen-bond donors (Lipinski definition) is 0. The number of benzene rings is 1. The number of unbranched alkanes of at least 4 members (excludes halogenated alkanes) is 1. The average Bonchev–Trinajstić information content (AvgIpc) is 2.71. The highest BCUT2D eigenvalue weighted by Gasteiger charge is 2.24. The molecular formula is C26H38N2. The molecule has 0 aromatic heterocycles. The van der Waals surface area contributed by atoms with Gasteiger partial charge in [0.05, 0.1) is 0 Å². The van der Waals surface area contributed by atoms with Crippen LogP contribution in [0.15, 0.2) is 60.8 Å². The first kappa shape index (κ1) is 20.9. The summed E-state index contributed by atoms with van der Waals surface area (Å²) in [4.78, 5) is 5.12. The highest BCUT2D eigenvalue weighted by Crippen LogP contribution is 2.27. The Morgan fingerprint density at radius 1 is 0.964 bits per heavy atom. The standard InChI is InChI=1S/C26H38N2/c1-21(2)9-5-6-10-22(3)23(4)28-17-15-27(16-18-28)20-24-13-14-25-11-7-8-12-26(25)19-24/h7-8,11-12,24H,1,3-6,9-10,13-20H2,2H3. The van der Waals surface area contributed by atoms with E-state index in [9.17, 15) is 0 Å². The summed E-state index contributed by atoms with van der Waals surface area (Å²) in [6, 6.07) is 9.00. The van der Waals surface area contributed by atoms with Crippen molar-refractivity contribution in [3.05, 3.63) is 72.0 Å². The lowest BCUT2D eigenvalue weighted by molar-refractivity contribution is 0.137. The molecule has 1 aliphatic carbocycles. The molecule has 28 heavy (non-hydrogen) atoms. The van der Waals surface area contributed by atoms with Crippen LogP contribution in [0.4, 0.5) is 0 Å². The Morgan fingerprint density at radius 2 is 1.64 bits per heavy atom. The van der Waals surface area contributed by atoms with Crippen LogP contribution in [-0.2, 0) is 12.8 Å². The second-order valence-corrected chi connectivity index (χ2v) is 8.88. The molecule has 1 aliphatic heterocycles. The number of allylic oxidation sites excluding steroid dienone is 2. The first-order valence-corrected chi connectivity index (χ1v) is 11.1. The van der Waals surface area contributed by atoms with Crippen LogP contribution in [0.1, 0.15) is 50.2 Å². The topological polar surface area (TPSA) is 6.48 Å². The molecule has 152 valence electrons. The van der Waals surface area contributed by atoms with Crippen molar-refractivity contribution in [3.8, 4) is 0 Å². The van der Waals surface area contributed by atoms with E-state index in [1.807, 2.05) is 0 Å². The minimum Gasteiger partial charge on any atom is -0.369 e. The number of nitrogens with zero attached hydrogens (tertiary/aromatic N) is 2. The van der Waals surface area contributed by atoms with E-state index in [1.165, 1.54) is 55.5 Å². The third kappa shape index (κ3) is 5.85. The fraction of sp³-hybridized carbons (Fsp3) is 0.538. The van der Waals surface area contributed by atoms with E-state index in [-0.39, 0.29) is 0 Å². The first-order valence-electron chi connectivity index (χ1n) is 11.1. The summed E-state index contributed by atoms with van der Waals surface area (Å²) >= 11 is 0. The normalized spacial score (nSPS) is 19.9. The lowest BCUT2D eigenvalue weighted by Crippen LogP contribution is -2.47. The van der Waals surface area contributed by atoms with Gasteiger partial charge in [-0.3, -0.25) is 4.90 Å². The minimum absolute atomic E-state index is 0.813. The van der Waals surface area contributed by atoms with Crippen molar-refractivity contribution in [2.45, 2.75) is 51.9 Å². The van der Waals surface area contributed by atoms with Gasteiger partial charge in [-0.2, -0.15) is 0 Å². The second kappa shape index (κ2) is 10.1. The zero-order chi connectivity index (χ0) is 19.9. The van der Waals surface area contributed by atoms with Gasteiger partial charge in [0.1, 0.15) is 0 Å². The first-order chi connectivity index (χ1) is 13.5. The van der Waals surface area contributed by atoms with E-state index < -0.39 is 0 Å². The Balaban J connectivity index is 1.38. The molecule has 0 saturated carbocycles. The molecule has 2 heteroatoms. The van der Waals surface area contributed by atoms with Gasteiger partial charge in [0.2, 0.25) is 0 Å². The average molecular weight is 379 g/mol. The van der Waals surface area contributed by atoms with Crippen LogP contribution in [0.5, 0.6) is 0 Å². The van der Waals surface area contributed by atoms with Crippen LogP contribution in [0.3, 0.4) is 0 Å². The minimum atomic E-state index is 0.813. The van der Waals surface area contributed by atoms with Gasteiger partial charge in [-0.25, -0.2) is 0 Å². The van der Waals surface area contributed by atoms with Crippen LogP contribution < -0.4 is 0 Å². The molecule has 2 nitrogen and oxygen atoms in total. The summed E-state index contributed by atoms with van der Waals surface area (Å²) in [5.41, 5.74) is 6.82. The lowest BCUT2D eigenvalue weighted by Gasteiger charge is -2.39. The van der Waals surface area contributed by atoms with Gasteiger partial charge in [0.15, 0.2) is 0 Å². The van der Waals surface area contributed by atoms with Crippen molar-refractivity contribution < 1.29 is 0 Å². The Kier molecular flexibility index (Phi) is 7.56. The van der Waals surface area contributed by atoms with E-state index in [1.54, 1.807) is 11.1 Å². The van der Waals surface area contributed by atoms with Gasteiger partial charge in [0.25, 0.3) is 0 Å². The molecule has 1 aromatic carbocycles. The number of aryl methyl sites for hydroxylation is 1. The van der Waals surface area contributed by atoms with Crippen LogP contribution in [0.25, 0.3) is 0 Å². The number of hydrogen-bond acceptors (Lipinski definition) is 2. The number of piperazine rings is 1. The highest BCUT2D eigenvalue weighted by atomic mass is 15.3. The Hall–Kier alpha value is -1.80. The molecule has 1 saturated heterocycles. The maximum absolute atomic E-state index is 4.35. The van der Waals surface area contributed by atoms with E-state index in [0.717, 1.165) is 44.9 Å². The fourth-order valence-electron chi connectivity index (χ4n) is 4.63. The Bertz CT molecular complexity index is 694. The second-order valence-electron chi connectivity index (χ2n) is 8.88. The van der Waals surface area contributed by atoms with Crippen molar-refractivity contribution >= 4 is 0 Å². The van der Waals surface area contributed by atoms with Gasteiger partial charge < -0.3 is 4.90 Å². The summed E-state index contributed by atoms with van der Waals surface area (Å²) in [5, 5.41) is 0. The SMILES string of the molecule is C=C(C)CCCCC(=C)C(=C)N1CCN(CC2CCc3ccccc3C2)CC1. The maximum atomic E-state index is 4.35. The number of rotatable bonds is 9. The third-order valence-corrected chi connectivity index (χ3v) is 6.46. The molecule has 0 N–H and O–H groups in total. The Labute approximate surface area is 172 Å². The summed E-state index contributed by atoms with van der Waals surface area (Å²) in [6.45, 7) is 20.5. The summed E-state index contributed by atoms with van der Waals surface area (Å²) in [7, 11) is 0. The largest absolute Gasteiger partial charge is 0.369 e. The predicted octanol–water partition coefficient (Wildman–Crippen LogP) is 5.62. The zero-order valence-electron chi connectivity index (χ0n) is 17.9. The molecule has 1 unspecified atom stereocenters. The smallest absolute Gasteiger partial charge is 0.0320 e. The summed E-state index contributed by atoms with van der Waals surface area (Å²) in [5.74, 6) is 0.813. The van der Waals surface area contributed by atoms with E-state index in [0.29, 0.717) is 0 Å². The zero-order valence-corrected chi connectivity index (χ0v) is 17.9. The highest BCUT2D eigenvalue weighted by molar-refractivity contribution is 5.29. The van der Waals surface area contributed by atoms with E-state index in [4.69, 9.17) is 0 Å². The predicted molar refractivity (Wildman–Crippen MR) is 122 cm³/mol. The van der Waals surface area contributed by atoms with Gasteiger partial charge >= 0.3 is 0 Å². The van der Waals surface area contributed by atoms with Crippen molar-refractivity contribution in [2.24, 2.45) is 5.92 Å². The third-order valence-electron chi connectivity index (χ3n) is 6.46. The van der Waals surface area contributed by atoms with Crippen LogP contribution in [0, 0.1) is 5.92 Å². The molecule has 0 spiro atoms. The monoisotopic (exact) mass is 378 g/mol. The lowest BCUT2D eigenvalue weighted by atomic mass is 9.83. The molecule has 0 radical (unpaired) electrons. The number of fused-ring (bicyclic) bond motifs is 1. The van der Waals surface area contributed by atoms with E-state index >= 15 is 0 Å². The molecule has 1 aromatic rings. The quantitative estimate of drug-likeness (QED) is 0.313. The van der Waals surface area contributed by atoms with Crippen molar-refractivity contribution in [1.29, 1.82) is 0 Å². The van der Waals surface area contributed by atoms with Crippen LogP contribution in [0.2, 0.25) is 0 Å². The van der Waals surface area contributed by atoms with Gasteiger partial charge in [-0.15, -0.1) is 6.58 Å². The summed E-state index contributed by atoms with van der Waals surface area (Å²) < 4.78 is 0. The van der Waals surface area contributed by atoms with Gasteiger partial charge in [-0.1, -0.05) is 43.0 Å². The fourth-order valence-corrected chi connectivity index (χ4v) is 4.63. The summed E-state index contributed by atoms with van der Waals surface area (Å²) in [6.07, 6.45) is 8.43. The van der Waals surface area contributed by atoms with Gasteiger partial charge in [-0.05, 0) is 74.5 Å². The Morgan fingerprint density at radius 3 is 2.36 bits per heavy atom. The molecule has 1 fully saturated rings.